The Balaban J connectivity index is 1.45. The Kier molecular flexibility index (Phi) is 10.0. The first kappa shape index (κ1) is 29.1. The Morgan fingerprint density at radius 1 is 0.923 bits per heavy atom. The normalized spacial score (nSPS) is 19.1. The molecule has 1 saturated heterocycles. The summed E-state index contributed by atoms with van der Waals surface area (Å²) in [6, 6.07) is 25.4. The van der Waals surface area contributed by atoms with E-state index in [1.807, 2.05) is 36.4 Å². The van der Waals surface area contributed by atoms with Gasteiger partial charge in [0.1, 0.15) is 24.9 Å². The van der Waals surface area contributed by atoms with Gasteiger partial charge in [-0.15, -0.1) is 23.5 Å². The maximum atomic E-state index is 12.5. The number of non-ortho nitro benzene ring substituents is 1. The number of rotatable bonds is 12. The lowest BCUT2D eigenvalue weighted by Crippen LogP contribution is -2.42. The lowest BCUT2D eigenvalue weighted by molar-refractivity contribution is -0.384. The van der Waals surface area contributed by atoms with Gasteiger partial charge in [0.05, 0.1) is 15.1 Å². The minimum absolute atomic E-state index is 0.0859. The quantitative estimate of drug-likeness (QED) is 0.125. The van der Waals surface area contributed by atoms with Gasteiger partial charge in [-0.3, -0.25) is 10.1 Å². The molecule has 3 aromatic rings. The van der Waals surface area contributed by atoms with Crippen LogP contribution in [0.3, 0.4) is 0 Å². The number of nitro benzene ring substituents is 1. The minimum Gasteiger partial charge on any atom is -0.459 e. The monoisotopic (exact) mass is 569 g/mol. The molecule has 39 heavy (non-hydrogen) atoms. The second-order valence-electron chi connectivity index (χ2n) is 9.50. The van der Waals surface area contributed by atoms with E-state index in [0.717, 1.165) is 11.5 Å². The Morgan fingerprint density at radius 3 is 1.95 bits per heavy atom. The van der Waals surface area contributed by atoms with Gasteiger partial charge in [0.15, 0.2) is 5.79 Å². The van der Waals surface area contributed by atoms with Crippen LogP contribution in [-0.4, -0.2) is 51.3 Å². The molecule has 0 saturated carbocycles. The molecule has 0 bridgehead atoms. The van der Waals surface area contributed by atoms with Crippen LogP contribution in [0, 0.1) is 10.1 Å². The van der Waals surface area contributed by atoms with E-state index in [0.29, 0.717) is 0 Å². The number of nitrogens with zero attached hydrogens (tertiary/aromatic N) is 1. The lowest BCUT2D eigenvalue weighted by atomic mass is 10.1. The van der Waals surface area contributed by atoms with Crippen molar-refractivity contribution in [3.05, 3.63) is 112 Å². The summed E-state index contributed by atoms with van der Waals surface area (Å²) in [4.78, 5) is 22.8. The molecule has 1 fully saturated rings. The molecule has 3 aromatic carbocycles. The molecule has 4 rings (SSSR count). The van der Waals surface area contributed by atoms with E-state index in [1.54, 1.807) is 37.4 Å². The van der Waals surface area contributed by atoms with Crippen LogP contribution in [0.2, 0.25) is 0 Å². The molecule has 0 aliphatic carbocycles. The van der Waals surface area contributed by atoms with Crippen molar-refractivity contribution in [1.82, 2.24) is 0 Å². The van der Waals surface area contributed by atoms with Crippen LogP contribution in [0.25, 0.3) is 0 Å². The molecule has 1 heterocycles. The average molecular weight is 570 g/mol. The number of aliphatic hydroxyl groups excluding tert-OH is 1. The summed E-state index contributed by atoms with van der Waals surface area (Å²) in [6.45, 7) is 3.29. The summed E-state index contributed by atoms with van der Waals surface area (Å²) in [5.74, 6) is -0.110. The van der Waals surface area contributed by atoms with E-state index in [2.05, 4.69) is 24.3 Å². The highest BCUT2D eigenvalue weighted by molar-refractivity contribution is 8.16. The van der Waals surface area contributed by atoms with Crippen LogP contribution in [0.5, 0.6) is 0 Å². The smallest absolute Gasteiger partial charge is 0.338 e. The van der Waals surface area contributed by atoms with Crippen molar-refractivity contribution in [2.45, 2.75) is 54.0 Å². The third-order valence-corrected chi connectivity index (χ3v) is 9.03. The van der Waals surface area contributed by atoms with Crippen molar-refractivity contribution >= 4 is 35.2 Å². The largest absolute Gasteiger partial charge is 0.459 e. The van der Waals surface area contributed by atoms with E-state index in [4.69, 9.17) is 14.2 Å². The topological polar surface area (TPSA) is 108 Å². The minimum atomic E-state index is -1.14. The number of thioether (sulfide) groups is 2. The summed E-state index contributed by atoms with van der Waals surface area (Å²) in [5.41, 5.74) is 2.39. The second kappa shape index (κ2) is 13.5. The molecule has 10 heteroatoms. The van der Waals surface area contributed by atoms with Gasteiger partial charge in [0.25, 0.3) is 5.69 Å². The van der Waals surface area contributed by atoms with Crippen molar-refractivity contribution in [3.63, 3.8) is 0 Å². The van der Waals surface area contributed by atoms with Crippen LogP contribution in [-0.2, 0) is 25.7 Å². The maximum Gasteiger partial charge on any atom is 0.338 e. The van der Waals surface area contributed by atoms with Crippen molar-refractivity contribution in [2.24, 2.45) is 0 Å². The number of hydrogen-bond donors (Lipinski definition) is 1. The summed E-state index contributed by atoms with van der Waals surface area (Å²) >= 11 is 3.44. The summed E-state index contributed by atoms with van der Waals surface area (Å²) < 4.78 is 17.7. The first-order chi connectivity index (χ1) is 18.7. The molecule has 0 amide bonds. The van der Waals surface area contributed by atoms with E-state index < -0.39 is 35.0 Å². The molecular weight excluding hydrogens is 538 g/mol. The summed E-state index contributed by atoms with van der Waals surface area (Å²) in [7, 11) is 0. The van der Waals surface area contributed by atoms with Gasteiger partial charge in [-0.25, -0.2) is 4.79 Å². The van der Waals surface area contributed by atoms with Crippen LogP contribution in [0.1, 0.15) is 35.3 Å². The molecule has 3 atom stereocenters. The number of aliphatic hydroxyl groups is 1. The number of hydrogen-bond acceptors (Lipinski definition) is 9. The lowest BCUT2D eigenvalue weighted by Gasteiger charge is -2.28. The molecular formula is C29H31NO7S2. The van der Waals surface area contributed by atoms with Gasteiger partial charge in [-0.1, -0.05) is 60.7 Å². The highest BCUT2D eigenvalue weighted by Crippen LogP contribution is 2.42. The van der Waals surface area contributed by atoms with Crippen molar-refractivity contribution in [2.75, 3.05) is 6.61 Å². The van der Waals surface area contributed by atoms with Crippen LogP contribution in [0.4, 0.5) is 5.69 Å². The molecule has 1 aliphatic heterocycles. The number of carbonyl (C=O) groups excluding carboxylic acids is 1. The second-order valence-corrected chi connectivity index (χ2v) is 12.1. The van der Waals surface area contributed by atoms with E-state index in [1.165, 1.54) is 35.4 Å². The number of esters is 1. The number of carbonyl (C=O) groups is 1. The number of ether oxygens (including phenoxy) is 3. The molecule has 0 aromatic heterocycles. The zero-order valence-electron chi connectivity index (χ0n) is 21.7. The zero-order valence-corrected chi connectivity index (χ0v) is 23.3. The van der Waals surface area contributed by atoms with Gasteiger partial charge < -0.3 is 19.3 Å². The van der Waals surface area contributed by atoms with Gasteiger partial charge in [0, 0.05) is 23.6 Å². The average Bonchev–Trinajstić information content (AvgIpc) is 3.27. The van der Waals surface area contributed by atoms with Crippen LogP contribution >= 0.6 is 23.5 Å². The Bertz CT molecular complexity index is 1180. The van der Waals surface area contributed by atoms with Crippen molar-refractivity contribution < 1.29 is 29.0 Å². The first-order valence-electron chi connectivity index (χ1n) is 12.5. The van der Waals surface area contributed by atoms with Crippen molar-refractivity contribution in [1.29, 1.82) is 0 Å². The number of benzene rings is 3. The Morgan fingerprint density at radius 2 is 1.44 bits per heavy atom. The fourth-order valence-electron chi connectivity index (χ4n) is 4.13. The predicted octanol–water partition coefficient (Wildman–Crippen LogP) is 5.83. The van der Waals surface area contributed by atoms with E-state index >= 15 is 0 Å². The molecule has 1 aliphatic rings. The molecule has 0 unspecified atom stereocenters. The van der Waals surface area contributed by atoms with Gasteiger partial charge in [-0.2, -0.15) is 0 Å². The highest BCUT2D eigenvalue weighted by atomic mass is 32.2. The fraction of sp³-hybridized carbons (Fsp3) is 0.345. The molecule has 0 radical (unpaired) electrons. The van der Waals surface area contributed by atoms with Crippen LogP contribution in [0.15, 0.2) is 84.9 Å². The summed E-state index contributed by atoms with van der Waals surface area (Å²) in [6.07, 6.45) is -2.35. The Labute approximate surface area is 236 Å². The molecule has 0 spiro atoms. The first-order valence-corrected chi connectivity index (χ1v) is 14.6. The highest BCUT2D eigenvalue weighted by Gasteiger charge is 2.48. The van der Waals surface area contributed by atoms with Crippen molar-refractivity contribution in [3.8, 4) is 0 Å². The molecule has 206 valence electrons. The van der Waals surface area contributed by atoms with E-state index in [9.17, 15) is 20.0 Å². The fourth-order valence-corrected chi connectivity index (χ4v) is 6.82. The predicted molar refractivity (Wildman–Crippen MR) is 152 cm³/mol. The van der Waals surface area contributed by atoms with Gasteiger partial charge in [0.2, 0.25) is 0 Å². The van der Waals surface area contributed by atoms with Gasteiger partial charge >= 0.3 is 5.97 Å². The SMILES string of the molecule is CC1(C)O[C@@H]([C@H](O)COC(=O)c2ccc([N+](=O)[O-])cc2)[C@H](C(SCc2ccccc2)SCc2ccccc2)O1. The number of nitro groups is 1. The summed E-state index contributed by atoms with van der Waals surface area (Å²) in [5, 5.41) is 22.0. The maximum absolute atomic E-state index is 12.5. The zero-order chi connectivity index (χ0) is 27.8. The van der Waals surface area contributed by atoms with Crippen LogP contribution < -0.4 is 0 Å². The molecule has 8 nitrogen and oxygen atoms in total. The van der Waals surface area contributed by atoms with Gasteiger partial charge in [-0.05, 0) is 37.1 Å². The standard InChI is InChI=1S/C29H31NO7S2/c1-29(2)36-25(24(31)17-35-27(32)22-13-15-23(16-14-22)30(33)34)26(37-29)28(38-18-20-9-5-3-6-10-20)39-19-21-11-7-4-8-12-21/h3-16,24-26,28,31H,17-19H2,1-2H3/t24-,25+,26-/m1/s1. The third kappa shape index (κ3) is 8.30. The molecule has 1 N–H and O–H groups in total. The Hall–Kier alpha value is -2.89. The third-order valence-electron chi connectivity index (χ3n) is 6.02. The van der Waals surface area contributed by atoms with E-state index in [-0.39, 0.29) is 22.4 Å².